The number of hydrogen-bond donors (Lipinski definition) is 1. The molecule has 3 nitrogen and oxygen atoms in total. The van der Waals surface area contributed by atoms with E-state index in [9.17, 15) is 9.18 Å². The van der Waals surface area contributed by atoms with Crippen molar-refractivity contribution in [3.63, 3.8) is 0 Å². The van der Waals surface area contributed by atoms with Crippen LogP contribution in [0.25, 0.3) is 0 Å². The van der Waals surface area contributed by atoms with Gasteiger partial charge in [-0.25, -0.2) is 4.39 Å². The molecule has 110 valence electrons. The zero-order valence-corrected chi connectivity index (χ0v) is 12.8. The van der Waals surface area contributed by atoms with Gasteiger partial charge in [-0.05, 0) is 30.4 Å². The SMILES string of the molecule is CSCCC(=O)N[C@@H]1CCO[C@H]1c1ccc(Cl)c(F)c1. The minimum absolute atomic E-state index is 0.00860. The van der Waals surface area contributed by atoms with E-state index in [2.05, 4.69) is 5.32 Å². The fourth-order valence-electron chi connectivity index (χ4n) is 2.23. The van der Waals surface area contributed by atoms with Gasteiger partial charge in [0.25, 0.3) is 0 Å². The van der Waals surface area contributed by atoms with Crippen molar-refractivity contribution in [3.8, 4) is 0 Å². The molecule has 0 aliphatic carbocycles. The molecule has 1 heterocycles. The highest BCUT2D eigenvalue weighted by atomic mass is 35.5. The van der Waals surface area contributed by atoms with E-state index in [4.69, 9.17) is 16.3 Å². The Balaban J connectivity index is 2.03. The van der Waals surface area contributed by atoms with Gasteiger partial charge in [-0.3, -0.25) is 4.79 Å². The van der Waals surface area contributed by atoms with Crippen LogP contribution < -0.4 is 5.32 Å². The number of amides is 1. The Morgan fingerprint density at radius 1 is 1.60 bits per heavy atom. The number of thioether (sulfide) groups is 1. The first-order valence-electron chi connectivity index (χ1n) is 6.46. The topological polar surface area (TPSA) is 38.3 Å². The largest absolute Gasteiger partial charge is 0.371 e. The Hall–Kier alpha value is -0.780. The highest BCUT2D eigenvalue weighted by Gasteiger charge is 2.31. The summed E-state index contributed by atoms with van der Waals surface area (Å²) in [5.41, 5.74) is 0.708. The lowest BCUT2D eigenvalue weighted by atomic mass is 10.0. The van der Waals surface area contributed by atoms with Crippen LogP contribution in [0.5, 0.6) is 0 Å². The average Bonchev–Trinajstić information content (AvgIpc) is 2.87. The summed E-state index contributed by atoms with van der Waals surface area (Å²) >= 11 is 7.31. The third-order valence-electron chi connectivity index (χ3n) is 3.24. The number of ether oxygens (including phenoxy) is 1. The van der Waals surface area contributed by atoms with Crippen LogP contribution in [0.4, 0.5) is 4.39 Å². The second-order valence-corrected chi connectivity index (χ2v) is 6.06. The summed E-state index contributed by atoms with van der Waals surface area (Å²) in [6.07, 6.45) is 2.88. The van der Waals surface area contributed by atoms with Gasteiger partial charge in [-0.15, -0.1) is 0 Å². The van der Waals surface area contributed by atoms with Crippen molar-refractivity contribution in [3.05, 3.63) is 34.6 Å². The molecule has 0 bridgehead atoms. The normalized spacial score (nSPS) is 21.9. The molecule has 0 saturated carbocycles. The summed E-state index contributed by atoms with van der Waals surface area (Å²) in [7, 11) is 0. The van der Waals surface area contributed by atoms with Gasteiger partial charge in [0.2, 0.25) is 5.91 Å². The molecule has 0 aromatic heterocycles. The maximum atomic E-state index is 13.5. The van der Waals surface area contributed by atoms with Gasteiger partial charge in [0, 0.05) is 18.8 Å². The van der Waals surface area contributed by atoms with Crippen molar-refractivity contribution in [2.24, 2.45) is 0 Å². The zero-order valence-electron chi connectivity index (χ0n) is 11.2. The van der Waals surface area contributed by atoms with Gasteiger partial charge in [0.15, 0.2) is 0 Å². The Morgan fingerprint density at radius 2 is 2.40 bits per heavy atom. The first kappa shape index (κ1) is 15.6. The highest BCUT2D eigenvalue weighted by molar-refractivity contribution is 7.98. The summed E-state index contributed by atoms with van der Waals surface area (Å²) in [6.45, 7) is 0.558. The fraction of sp³-hybridized carbons (Fsp3) is 0.500. The first-order chi connectivity index (χ1) is 9.61. The van der Waals surface area contributed by atoms with E-state index >= 15 is 0 Å². The van der Waals surface area contributed by atoms with Gasteiger partial charge in [0.1, 0.15) is 11.9 Å². The third kappa shape index (κ3) is 3.87. The quantitative estimate of drug-likeness (QED) is 0.906. The number of halogens is 2. The number of benzene rings is 1. The van der Waals surface area contributed by atoms with Crippen LogP contribution in [-0.4, -0.2) is 30.6 Å². The van der Waals surface area contributed by atoms with Crippen LogP contribution >= 0.6 is 23.4 Å². The molecule has 2 rings (SSSR count). The molecular formula is C14H17ClFNO2S. The van der Waals surface area contributed by atoms with Crippen molar-refractivity contribution >= 4 is 29.3 Å². The van der Waals surface area contributed by atoms with E-state index in [-0.39, 0.29) is 23.1 Å². The minimum Gasteiger partial charge on any atom is -0.371 e. The van der Waals surface area contributed by atoms with Gasteiger partial charge in [0.05, 0.1) is 11.1 Å². The fourth-order valence-corrected chi connectivity index (χ4v) is 2.74. The Bertz CT molecular complexity index is 486. The van der Waals surface area contributed by atoms with Crippen LogP contribution in [0.3, 0.4) is 0 Å². The minimum atomic E-state index is -0.466. The molecule has 1 N–H and O–H groups in total. The van der Waals surface area contributed by atoms with Gasteiger partial charge >= 0.3 is 0 Å². The van der Waals surface area contributed by atoms with Crippen molar-refractivity contribution in [2.45, 2.75) is 25.0 Å². The summed E-state index contributed by atoms with van der Waals surface area (Å²) in [4.78, 5) is 11.8. The standard InChI is InChI=1S/C14H17ClFNO2S/c1-20-7-5-13(18)17-12-4-6-19-14(12)9-2-3-10(15)11(16)8-9/h2-3,8,12,14H,4-7H2,1H3,(H,17,18)/t12-,14+/m1/s1. The molecule has 1 saturated heterocycles. The lowest BCUT2D eigenvalue weighted by Gasteiger charge is -2.20. The molecule has 1 amide bonds. The van der Waals surface area contributed by atoms with Crippen molar-refractivity contribution in [1.82, 2.24) is 5.32 Å². The summed E-state index contributed by atoms with van der Waals surface area (Å²) in [6, 6.07) is 4.52. The van der Waals surface area contributed by atoms with Crippen molar-refractivity contribution < 1.29 is 13.9 Å². The smallest absolute Gasteiger partial charge is 0.221 e. The van der Waals surface area contributed by atoms with Gasteiger partial charge in [-0.1, -0.05) is 17.7 Å². The Morgan fingerprint density at radius 3 is 3.10 bits per heavy atom. The monoisotopic (exact) mass is 317 g/mol. The van der Waals surface area contributed by atoms with Crippen LogP contribution in [0.15, 0.2) is 18.2 Å². The van der Waals surface area contributed by atoms with E-state index in [1.54, 1.807) is 17.8 Å². The predicted molar refractivity (Wildman–Crippen MR) is 79.6 cm³/mol. The Kier molecular flexibility index (Phi) is 5.69. The second kappa shape index (κ2) is 7.29. The van der Waals surface area contributed by atoms with Gasteiger partial charge in [-0.2, -0.15) is 11.8 Å². The molecule has 2 atom stereocenters. The van der Waals surface area contributed by atoms with Crippen LogP contribution in [0, 0.1) is 5.82 Å². The molecule has 6 heteroatoms. The number of carbonyl (C=O) groups is 1. The van der Waals surface area contributed by atoms with Crippen molar-refractivity contribution in [2.75, 3.05) is 18.6 Å². The maximum absolute atomic E-state index is 13.5. The summed E-state index contributed by atoms with van der Waals surface area (Å²) in [5, 5.41) is 3.05. The van der Waals surface area contributed by atoms with Crippen LogP contribution in [-0.2, 0) is 9.53 Å². The molecule has 1 fully saturated rings. The number of nitrogens with one attached hydrogen (secondary N) is 1. The van der Waals surface area contributed by atoms with E-state index in [1.165, 1.54) is 12.1 Å². The number of rotatable bonds is 5. The van der Waals surface area contributed by atoms with Crippen LogP contribution in [0.1, 0.15) is 24.5 Å². The average molecular weight is 318 g/mol. The molecule has 1 aliphatic heterocycles. The second-order valence-electron chi connectivity index (χ2n) is 4.67. The number of hydrogen-bond acceptors (Lipinski definition) is 3. The summed E-state index contributed by atoms with van der Waals surface area (Å²) < 4.78 is 19.1. The van der Waals surface area contributed by atoms with Gasteiger partial charge < -0.3 is 10.1 Å². The first-order valence-corrected chi connectivity index (χ1v) is 8.24. The van der Waals surface area contributed by atoms with E-state index < -0.39 is 5.82 Å². The lowest BCUT2D eigenvalue weighted by Crippen LogP contribution is -2.37. The molecule has 20 heavy (non-hydrogen) atoms. The molecule has 1 aromatic rings. The lowest BCUT2D eigenvalue weighted by molar-refractivity contribution is -0.121. The summed E-state index contributed by atoms with van der Waals surface area (Å²) in [5.74, 6) is 0.334. The highest BCUT2D eigenvalue weighted by Crippen LogP contribution is 2.31. The zero-order chi connectivity index (χ0) is 14.5. The molecule has 1 aliphatic rings. The van der Waals surface area contributed by atoms with Crippen LogP contribution in [0.2, 0.25) is 5.02 Å². The van der Waals surface area contributed by atoms with E-state index in [0.29, 0.717) is 18.6 Å². The molecule has 0 radical (unpaired) electrons. The third-order valence-corrected chi connectivity index (χ3v) is 4.16. The molecule has 1 aromatic carbocycles. The predicted octanol–water partition coefficient (Wildman–Crippen LogP) is 3.18. The number of carbonyl (C=O) groups excluding carboxylic acids is 1. The Labute approximate surface area is 127 Å². The molecular weight excluding hydrogens is 301 g/mol. The maximum Gasteiger partial charge on any atom is 0.221 e. The van der Waals surface area contributed by atoms with E-state index in [1.807, 2.05) is 6.26 Å². The molecule has 0 unspecified atom stereocenters. The van der Waals surface area contributed by atoms with E-state index in [0.717, 1.165) is 12.2 Å². The van der Waals surface area contributed by atoms with Crippen molar-refractivity contribution in [1.29, 1.82) is 0 Å². The molecule has 0 spiro atoms.